The Labute approximate surface area is 149 Å². The van der Waals surface area contributed by atoms with Crippen molar-refractivity contribution in [2.45, 2.75) is 26.4 Å². The van der Waals surface area contributed by atoms with Gasteiger partial charge >= 0.3 is 0 Å². The zero-order valence-corrected chi connectivity index (χ0v) is 15.9. The number of ether oxygens (including phenoxy) is 1. The molecule has 124 valence electrons. The summed E-state index contributed by atoms with van der Waals surface area (Å²) in [6, 6.07) is 11.3. The van der Waals surface area contributed by atoms with Gasteiger partial charge in [0.2, 0.25) is 5.91 Å². The second-order valence-corrected chi connectivity index (χ2v) is 7.76. The molecule has 2 rings (SSSR count). The van der Waals surface area contributed by atoms with Crippen molar-refractivity contribution in [2.75, 3.05) is 19.0 Å². The molecule has 1 aromatic heterocycles. The van der Waals surface area contributed by atoms with E-state index >= 15 is 0 Å². The lowest BCUT2D eigenvalue weighted by atomic mass is 10.2. The van der Waals surface area contributed by atoms with Gasteiger partial charge in [0.1, 0.15) is 5.75 Å². The van der Waals surface area contributed by atoms with Gasteiger partial charge in [0.15, 0.2) is 0 Å². The number of amides is 1. The summed E-state index contributed by atoms with van der Waals surface area (Å²) in [5.74, 6) is 0.649. The molecule has 0 bridgehead atoms. The van der Waals surface area contributed by atoms with E-state index in [2.05, 4.69) is 27.3 Å². The number of anilines is 1. The largest absolute Gasteiger partial charge is 0.492 e. The molecular formula is C17H21BrN2O2S. The third-order valence-corrected chi connectivity index (χ3v) is 5.13. The van der Waals surface area contributed by atoms with Crippen molar-refractivity contribution in [2.24, 2.45) is 0 Å². The first-order valence-electron chi connectivity index (χ1n) is 7.48. The predicted octanol–water partition coefficient (Wildman–Crippen LogP) is 4.37. The molecule has 1 N–H and O–H groups in total. The SMILES string of the molecule is CCOc1ccccc1NC(=O)[C@@H](C)N(C)Cc1ccc(Br)s1. The summed E-state index contributed by atoms with van der Waals surface area (Å²) < 4.78 is 6.65. The number of carbonyl (C=O) groups is 1. The van der Waals surface area contributed by atoms with Crippen LogP contribution in [0.5, 0.6) is 5.75 Å². The van der Waals surface area contributed by atoms with Gasteiger partial charge < -0.3 is 10.1 Å². The highest BCUT2D eigenvalue weighted by Gasteiger charge is 2.19. The van der Waals surface area contributed by atoms with E-state index in [1.807, 2.05) is 56.1 Å². The van der Waals surface area contributed by atoms with Crippen molar-refractivity contribution >= 4 is 38.9 Å². The second kappa shape index (κ2) is 8.47. The lowest BCUT2D eigenvalue weighted by molar-refractivity contribution is -0.120. The van der Waals surface area contributed by atoms with Gasteiger partial charge in [-0.1, -0.05) is 12.1 Å². The van der Waals surface area contributed by atoms with E-state index in [-0.39, 0.29) is 11.9 Å². The molecule has 1 amide bonds. The highest BCUT2D eigenvalue weighted by Crippen LogP contribution is 2.25. The minimum absolute atomic E-state index is 0.0460. The topological polar surface area (TPSA) is 41.6 Å². The zero-order chi connectivity index (χ0) is 16.8. The molecule has 1 heterocycles. The van der Waals surface area contributed by atoms with Crippen LogP contribution in [0.4, 0.5) is 5.69 Å². The van der Waals surface area contributed by atoms with E-state index in [4.69, 9.17) is 4.74 Å². The van der Waals surface area contributed by atoms with Crippen molar-refractivity contribution in [3.63, 3.8) is 0 Å². The monoisotopic (exact) mass is 396 g/mol. The molecule has 0 saturated carbocycles. The summed E-state index contributed by atoms with van der Waals surface area (Å²) in [5, 5.41) is 2.96. The summed E-state index contributed by atoms with van der Waals surface area (Å²) in [6.45, 7) is 5.13. The van der Waals surface area contributed by atoms with Gasteiger partial charge in [-0.05, 0) is 61.1 Å². The molecule has 0 spiro atoms. The third-order valence-electron chi connectivity index (χ3n) is 3.52. The van der Waals surface area contributed by atoms with Crippen LogP contribution < -0.4 is 10.1 Å². The number of nitrogens with zero attached hydrogens (tertiary/aromatic N) is 1. The molecule has 0 fully saturated rings. The first-order valence-corrected chi connectivity index (χ1v) is 9.09. The van der Waals surface area contributed by atoms with Crippen LogP contribution in [0.3, 0.4) is 0 Å². The molecule has 0 aliphatic carbocycles. The molecule has 0 radical (unpaired) electrons. The maximum Gasteiger partial charge on any atom is 0.241 e. The Hall–Kier alpha value is -1.37. The number of nitrogens with one attached hydrogen (secondary N) is 1. The van der Waals surface area contributed by atoms with E-state index in [1.54, 1.807) is 11.3 Å². The van der Waals surface area contributed by atoms with Crippen LogP contribution in [-0.2, 0) is 11.3 Å². The van der Waals surface area contributed by atoms with Crippen molar-refractivity contribution in [1.29, 1.82) is 0 Å². The fourth-order valence-electron chi connectivity index (χ4n) is 2.11. The molecule has 2 aromatic rings. The normalized spacial score (nSPS) is 12.2. The van der Waals surface area contributed by atoms with Crippen LogP contribution in [0.2, 0.25) is 0 Å². The number of rotatable bonds is 7. The molecule has 1 atom stereocenters. The van der Waals surface area contributed by atoms with E-state index in [0.717, 1.165) is 10.3 Å². The Morgan fingerprint density at radius 3 is 2.74 bits per heavy atom. The Balaban J connectivity index is 1.99. The predicted molar refractivity (Wildman–Crippen MR) is 99.2 cm³/mol. The number of hydrogen-bond donors (Lipinski definition) is 1. The maximum absolute atomic E-state index is 12.5. The lowest BCUT2D eigenvalue weighted by Gasteiger charge is -2.23. The Kier molecular flexibility index (Phi) is 6.62. The van der Waals surface area contributed by atoms with Crippen molar-refractivity contribution in [3.05, 3.63) is 45.1 Å². The number of halogens is 1. The number of carbonyl (C=O) groups excluding carboxylic acids is 1. The first kappa shape index (κ1) is 18.0. The van der Waals surface area contributed by atoms with Crippen molar-refractivity contribution in [3.8, 4) is 5.75 Å². The van der Waals surface area contributed by atoms with Crippen LogP contribution in [0, 0.1) is 0 Å². The van der Waals surface area contributed by atoms with Gasteiger partial charge in [-0.15, -0.1) is 11.3 Å². The van der Waals surface area contributed by atoms with Crippen molar-refractivity contribution < 1.29 is 9.53 Å². The summed E-state index contributed by atoms with van der Waals surface area (Å²) >= 11 is 5.14. The standard InChI is InChI=1S/C17H21BrN2O2S/c1-4-22-15-8-6-5-7-14(15)19-17(21)12(2)20(3)11-13-9-10-16(18)23-13/h5-10,12H,4,11H2,1-3H3,(H,19,21)/t12-/m1/s1. The van der Waals surface area contributed by atoms with Gasteiger partial charge in [0.25, 0.3) is 0 Å². The van der Waals surface area contributed by atoms with Crippen molar-refractivity contribution in [1.82, 2.24) is 4.90 Å². The molecule has 23 heavy (non-hydrogen) atoms. The van der Waals surface area contributed by atoms with Gasteiger partial charge in [0.05, 0.1) is 22.1 Å². The average molecular weight is 397 g/mol. The fourth-order valence-corrected chi connectivity index (χ4v) is 3.65. The van der Waals surface area contributed by atoms with E-state index in [9.17, 15) is 4.79 Å². The minimum Gasteiger partial charge on any atom is -0.492 e. The second-order valence-electron chi connectivity index (χ2n) is 5.22. The van der Waals surface area contributed by atoms with Gasteiger partial charge in [-0.2, -0.15) is 0 Å². The van der Waals surface area contributed by atoms with Crippen LogP contribution >= 0.6 is 27.3 Å². The van der Waals surface area contributed by atoms with E-state index in [1.165, 1.54) is 4.88 Å². The average Bonchev–Trinajstić information content (AvgIpc) is 2.93. The quantitative estimate of drug-likeness (QED) is 0.755. The van der Waals surface area contributed by atoms with Crippen LogP contribution in [0.15, 0.2) is 40.2 Å². The Bertz CT molecular complexity index is 660. The molecule has 0 unspecified atom stereocenters. The Morgan fingerprint density at radius 2 is 2.09 bits per heavy atom. The summed E-state index contributed by atoms with van der Waals surface area (Å²) in [4.78, 5) is 15.7. The first-order chi connectivity index (χ1) is 11.0. The summed E-state index contributed by atoms with van der Waals surface area (Å²) in [6.07, 6.45) is 0. The minimum atomic E-state index is -0.245. The van der Waals surface area contributed by atoms with Gasteiger partial charge in [-0.25, -0.2) is 0 Å². The van der Waals surface area contributed by atoms with Gasteiger partial charge in [0, 0.05) is 11.4 Å². The molecule has 0 aliphatic rings. The lowest BCUT2D eigenvalue weighted by Crippen LogP contribution is -2.39. The molecule has 6 heteroatoms. The molecule has 1 aromatic carbocycles. The smallest absolute Gasteiger partial charge is 0.241 e. The summed E-state index contributed by atoms with van der Waals surface area (Å²) in [7, 11) is 1.95. The third kappa shape index (κ3) is 5.06. The molecular weight excluding hydrogens is 376 g/mol. The number of likely N-dealkylation sites (N-methyl/N-ethyl adjacent to an activating group) is 1. The number of benzene rings is 1. The highest BCUT2D eigenvalue weighted by molar-refractivity contribution is 9.11. The van der Waals surface area contributed by atoms with Crippen LogP contribution in [-0.4, -0.2) is 30.5 Å². The number of hydrogen-bond acceptors (Lipinski definition) is 4. The fraction of sp³-hybridized carbons (Fsp3) is 0.353. The van der Waals surface area contributed by atoms with Gasteiger partial charge in [-0.3, -0.25) is 9.69 Å². The number of thiophene rings is 1. The molecule has 0 saturated heterocycles. The van der Waals surface area contributed by atoms with Crippen LogP contribution in [0.1, 0.15) is 18.7 Å². The maximum atomic E-state index is 12.5. The number of para-hydroxylation sites is 2. The zero-order valence-electron chi connectivity index (χ0n) is 13.5. The Morgan fingerprint density at radius 1 is 1.35 bits per heavy atom. The van der Waals surface area contributed by atoms with Crippen LogP contribution in [0.25, 0.3) is 0 Å². The summed E-state index contributed by atoms with van der Waals surface area (Å²) in [5.41, 5.74) is 0.707. The molecule has 0 aliphatic heterocycles. The van der Waals surface area contributed by atoms with E-state index < -0.39 is 0 Å². The molecule has 4 nitrogen and oxygen atoms in total. The van der Waals surface area contributed by atoms with E-state index in [0.29, 0.717) is 18.0 Å². The highest BCUT2D eigenvalue weighted by atomic mass is 79.9.